The van der Waals surface area contributed by atoms with E-state index >= 15 is 0 Å². The van der Waals surface area contributed by atoms with Gasteiger partial charge in [-0.3, -0.25) is 10.7 Å². The van der Waals surface area contributed by atoms with Crippen molar-refractivity contribution >= 4 is 29.1 Å². The Morgan fingerprint density at radius 2 is 1.78 bits per heavy atom. The van der Waals surface area contributed by atoms with E-state index in [1.54, 1.807) is 25.3 Å². The van der Waals surface area contributed by atoms with E-state index in [1.165, 1.54) is 0 Å². The van der Waals surface area contributed by atoms with Crippen LogP contribution in [0.5, 0.6) is 5.75 Å². The molecule has 0 aliphatic heterocycles. The van der Waals surface area contributed by atoms with Gasteiger partial charge in [-0.15, -0.1) is 0 Å². The van der Waals surface area contributed by atoms with E-state index < -0.39 is 0 Å². The number of hydrogen-bond donors (Lipinski definition) is 2. The largest absolute Gasteiger partial charge is 0.494 e. The maximum atomic E-state index is 9.35. The van der Waals surface area contributed by atoms with Crippen molar-refractivity contribution in [1.29, 1.82) is 0 Å². The third kappa shape index (κ3) is 6.23. The molecule has 0 atom stereocenters. The summed E-state index contributed by atoms with van der Waals surface area (Å²) in [5, 5.41) is 17.5. The highest BCUT2D eigenvalue weighted by atomic mass is 16.5. The lowest BCUT2D eigenvalue weighted by Crippen LogP contribution is -2.26. The van der Waals surface area contributed by atoms with Gasteiger partial charge in [-0.25, -0.2) is 4.99 Å². The van der Waals surface area contributed by atoms with Gasteiger partial charge in [-0.1, -0.05) is 12.1 Å². The molecule has 7 heteroatoms. The molecule has 0 amide bonds. The van der Waals surface area contributed by atoms with Gasteiger partial charge in [0.15, 0.2) is 5.84 Å². The minimum Gasteiger partial charge on any atom is -0.494 e. The van der Waals surface area contributed by atoms with Gasteiger partial charge in [0.25, 0.3) is 0 Å². The fraction of sp³-hybridized carbons (Fsp3) is 0.250. The maximum Gasteiger partial charge on any atom is 0.173 e. The second-order valence-corrected chi connectivity index (χ2v) is 5.92. The van der Waals surface area contributed by atoms with E-state index in [0.717, 1.165) is 17.0 Å². The lowest BCUT2D eigenvalue weighted by Gasteiger charge is -2.11. The molecule has 27 heavy (non-hydrogen) atoms. The maximum absolute atomic E-state index is 9.35. The average molecular weight is 367 g/mol. The minimum atomic E-state index is 0.222. The molecule has 0 saturated carbocycles. The van der Waals surface area contributed by atoms with E-state index in [4.69, 9.17) is 4.74 Å². The molecule has 2 aromatic carbocycles. The van der Waals surface area contributed by atoms with E-state index in [9.17, 15) is 5.21 Å². The molecule has 2 N–H and O–H groups in total. The van der Waals surface area contributed by atoms with Crippen LogP contribution >= 0.6 is 0 Å². The van der Waals surface area contributed by atoms with E-state index in [-0.39, 0.29) is 5.84 Å². The van der Waals surface area contributed by atoms with Crippen LogP contribution in [0.1, 0.15) is 19.4 Å². The SMILES string of the molecule is CCOc1ccc(N=C(NO)/C(C)=N/N=C/c2ccc(N(C)C)cc2)cc1. The molecule has 0 heterocycles. The van der Waals surface area contributed by atoms with Crippen LogP contribution in [0.25, 0.3) is 0 Å². The summed E-state index contributed by atoms with van der Waals surface area (Å²) in [7, 11) is 3.98. The highest BCUT2D eigenvalue weighted by Gasteiger charge is 2.03. The van der Waals surface area contributed by atoms with Crippen LogP contribution < -0.4 is 15.1 Å². The first-order chi connectivity index (χ1) is 13.0. The first-order valence-corrected chi connectivity index (χ1v) is 8.60. The number of ether oxygens (including phenoxy) is 1. The zero-order chi connectivity index (χ0) is 19.6. The standard InChI is InChI=1S/C20H25N5O2/c1-5-27-19-12-8-17(9-13-19)22-20(24-26)15(2)23-21-14-16-6-10-18(11-7-16)25(3)4/h6-14,26H,5H2,1-4H3,(H,22,24)/b21-14+,23-15+. The number of hydroxylamine groups is 1. The molecule has 0 fully saturated rings. The van der Waals surface area contributed by atoms with Crippen LogP contribution in [0, 0.1) is 0 Å². The van der Waals surface area contributed by atoms with Crippen molar-refractivity contribution in [2.24, 2.45) is 15.2 Å². The summed E-state index contributed by atoms with van der Waals surface area (Å²) < 4.78 is 5.40. The first-order valence-electron chi connectivity index (χ1n) is 8.60. The molecular formula is C20H25N5O2. The first kappa shape index (κ1) is 20.1. The van der Waals surface area contributed by atoms with Crippen molar-refractivity contribution in [2.75, 3.05) is 25.6 Å². The van der Waals surface area contributed by atoms with E-state index in [1.807, 2.05) is 62.3 Å². The Bertz CT molecular complexity index is 809. The molecule has 2 aromatic rings. The number of anilines is 1. The number of amidine groups is 1. The van der Waals surface area contributed by atoms with Gasteiger partial charge in [-0.05, 0) is 55.8 Å². The van der Waals surface area contributed by atoms with Gasteiger partial charge < -0.3 is 9.64 Å². The second kappa shape index (κ2) is 10.1. The van der Waals surface area contributed by atoms with Crippen LogP contribution in [0.15, 0.2) is 63.7 Å². The summed E-state index contributed by atoms with van der Waals surface area (Å²) in [6.45, 7) is 4.24. The van der Waals surface area contributed by atoms with Crippen molar-refractivity contribution in [3.8, 4) is 5.75 Å². The van der Waals surface area contributed by atoms with Crippen LogP contribution in [0.4, 0.5) is 11.4 Å². The number of nitrogens with zero attached hydrogens (tertiary/aromatic N) is 4. The fourth-order valence-corrected chi connectivity index (χ4v) is 2.19. The van der Waals surface area contributed by atoms with Gasteiger partial charge in [-0.2, -0.15) is 10.2 Å². The Kier molecular flexibility index (Phi) is 7.51. The number of nitrogens with one attached hydrogen (secondary N) is 1. The van der Waals surface area contributed by atoms with Crippen molar-refractivity contribution in [2.45, 2.75) is 13.8 Å². The van der Waals surface area contributed by atoms with Gasteiger partial charge >= 0.3 is 0 Å². The third-order valence-corrected chi connectivity index (χ3v) is 3.66. The smallest absolute Gasteiger partial charge is 0.173 e. The van der Waals surface area contributed by atoms with Crippen LogP contribution in [0.3, 0.4) is 0 Å². The predicted octanol–water partition coefficient (Wildman–Crippen LogP) is 3.66. The molecule has 142 valence electrons. The van der Waals surface area contributed by atoms with Crippen LogP contribution in [0.2, 0.25) is 0 Å². The molecule has 0 radical (unpaired) electrons. The topological polar surface area (TPSA) is 81.8 Å². The number of hydrogen-bond acceptors (Lipinski definition) is 6. The Labute approximate surface area is 159 Å². The summed E-state index contributed by atoms with van der Waals surface area (Å²) >= 11 is 0. The molecule has 0 saturated heterocycles. The molecule has 0 bridgehead atoms. The highest BCUT2D eigenvalue weighted by molar-refractivity contribution is 6.40. The summed E-state index contributed by atoms with van der Waals surface area (Å²) in [6.07, 6.45) is 1.65. The Balaban J connectivity index is 2.09. The molecule has 0 unspecified atom stereocenters. The Morgan fingerprint density at radius 1 is 1.11 bits per heavy atom. The monoisotopic (exact) mass is 367 g/mol. The third-order valence-electron chi connectivity index (χ3n) is 3.66. The average Bonchev–Trinajstić information content (AvgIpc) is 2.68. The van der Waals surface area contributed by atoms with Crippen LogP contribution in [-0.4, -0.2) is 43.7 Å². The molecule has 0 spiro atoms. The van der Waals surface area contributed by atoms with Crippen molar-refractivity contribution in [3.05, 3.63) is 54.1 Å². The quantitative estimate of drug-likeness (QED) is 0.445. The summed E-state index contributed by atoms with van der Waals surface area (Å²) in [4.78, 5) is 6.35. The predicted molar refractivity (Wildman–Crippen MR) is 111 cm³/mol. The Morgan fingerprint density at radius 3 is 2.33 bits per heavy atom. The molecule has 2 rings (SSSR count). The molecule has 7 nitrogen and oxygen atoms in total. The van der Waals surface area contributed by atoms with Crippen molar-refractivity contribution < 1.29 is 9.94 Å². The minimum absolute atomic E-state index is 0.222. The zero-order valence-electron chi connectivity index (χ0n) is 16.0. The van der Waals surface area contributed by atoms with Crippen molar-refractivity contribution in [3.63, 3.8) is 0 Å². The van der Waals surface area contributed by atoms with Gasteiger partial charge in [0.1, 0.15) is 11.5 Å². The van der Waals surface area contributed by atoms with Gasteiger partial charge in [0.05, 0.1) is 18.5 Å². The second-order valence-electron chi connectivity index (χ2n) is 5.92. The van der Waals surface area contributed by atoms with E-state index in [2.05, 4.69) is 20.7 Å². The summed E-state index contributed by atoms with van der Waals surface area (Å²) in [5.74, 6) is 0.990. The lowest BCUT2D eigenvalue weighted by molar-refractivity contribution is 0.236. The molecule has 0 aliphatic carbocycles. The number of benzene rings is 2. The van der Waals surface area contributed by atoms with Gasteiger partial charge in [0, 0.05) is 19.8 Å². The summed E-state index contributed by atoms with van der Waals surface area (Å²) in [5.41, 5.74) is 5.22. The fourth-order valence-electron chi connectivity index (χ4n) is 2.19. The number of aliphatic imine (C=N–C) groups is 1. The normalized spacial score (nSPS) is 12.3. The van der Waals surface area contributed by atoms with Gasteiger partial charge in [0.2, 0.25) is 0 Å². The molecule has 0 aliphatic rings. The number of rotatable bonds is 7. The lowest BCUT2D eigenvalue weighted by atomic mass is 10.2. The van der Waals surface area contributed by atoms with E-state index in [0.29, 0.717) is 18.0 Å². The molecular weight excluding hydrogens is 342 g/mol. The molecule has 0 aromatic heterocycles. The highest BCUT2D eigenvalue weighted by Crippen LogP contribution is 2.18. The Hall–Kier alpha value is -3.19. The van der Waals surface area contributed by atoms with Crippen molar-refractivity contribution in [1.82, 2.24) is 5.48 Å². The summed E-state index contributed by atoms with van der Waals surface area (Å²) in [6, 6.07) is 15.2. The van der Waals surface area contributed by atoms with Crippen LogP contribution in [-0.2, 0) is 0 Å². The zero-order valence-corrected chi connectivity index (χ0v) is 16.0.